The fraction of sp³-hybridized carbons (Fsp3) is 0.765. The predicted molar refractivity (Wildman–Crippen MR) is 91.7 cm³/mol. The summed E-state index contributed by atoms with van der Waals surface area (Å²) in [4.78, 5) is 17.0. The van der Waals surface area contributed by atoms with E-state index in [9.17, 15) is 4.79 Å². The van der Waals surface area contributed by atoms with Crippen LogP contribution in [0.25, 0.3) is 0 Å². The summed E-state index contributed by atoms with van der Waals surface area (Å²) in [6.07, 6.45) is 0.945. The Morgan fingerprint density at radius 3 is 2.54 bits per heavy atom. The quantitative estimate of drug-likeness (QED) is 0.843. The molecule has 0 radical (unpaired) electrons. The molecule has 1 aromatic rings. The van der Waals surface area contributed by atoms with Crippen molar-refractivity contribution in [1.82, 2.24) is 24.9 Å². The van der Waals surface area contributed by atoms with Gasteiger partial charge in [-0.1, -0.05) is 0 Å². The highest BCUT2D eigenvalue weighted by molar-refractivity contribution is 5.82. The van der Waals surface area contributed by atoms with Crippen LogP contribution in [0.3, 0.4) is 0 Å². The van der Waals surface area contributed by atoms with E-state index in [1.54, 1.807) is 7.11 Å². The minimum atomic E-state index is -0.0793. The highest BCUT2D eigenvalue weighted by Gasteiger charge is 2.33. The van der Waals surface area contributed by atoms with Gasteiger partial charge in [-0.2, -0.15) is 5.10 Å². The van der Waals surface area contributed by atoms with Gasteiger partial charge in [-0.25, -0.2) is 0 Å². The molecule has 2 saturated heterocycles. The molecule has 2 fully saturated rings. The third kappa shape index (κ3) is 3.48. The molecule has 2 aliphatic heterocycles. The lowest BCUT2D eigenvalue weighted by molar-refractivity contribution is -0.135. The van der Waals surface area contributed by atoms with Crippen molar-refractivity contribution in [2.45, 2.75) is 39.0 Å². The molecule has 134 valence electrons. The summed E-state index contributed by atoms with van der Waals surface area (Å²) in [5.41, 5.74) is 3.65. The van der Waals surface area contributed by atoms with Crippen LogP contribution in [-0.4, -0.2) is 77.5 Å². The first-order valence-electron chi connectivity index (χ1n) is 8.76. The number of nitrogens with one attached hydrogen (secondary N) is 1. The lowest BCUT2D eigenvalue weighted by Crippen LogP contribution is -2.52. The highest BCUT2D eigenvalue weighted by Crippen LogP contribution is 2.17. The minimum absolute atomic E-state index is 0.0793. The summed E-state index contributed by atoms with van der Waals surface area (Å²) >= 11 is 0. The molecule has 7 nitrogen and oxygen atoms in total. The van der Waals surface area contributed by atoms with Crippen LogP contribution in [0.15, 0.2) is 0 Å². The van der Waals surface area contributed by atoms with Crippen molar-refractivity contribution in [3.05, 3.63) is 17.0 Å². The number of aromatic nitrogens is 2. The van der Waals surface area contributed by atoms with Gasteiger partial charge in [0.25, 0.3) is 0 Å². The molecule has 0 aromatic carbocycles. The zero-order valence-electron chi connectivity index (χ0n) is 15.2. The molecule has 3 rings (SSSR count). The lowest BCUT2D eigenvalue weighted by atomic mass is 10.1. The average Bonchev–Trinajstić information content (AvgIpc) is 3.15. The van der Waals surface area contributed by atoms with E-state index in [0.717, 1.165) is 51.4 Å². The first-order chi connectivity index (χ1) is 11.5. The van der Waals surface area contributed by atoms with Crippen LogP contribution in [0.2, 0.25) is 0 Å². The molecule has 7 heteroatoms. The number of amides is 1. The molecule has 0 aliphatic carbocycles. The number of carbonyl (C=O) groups is 1. The van der Waals surface area contributed by atoms with Crippen molar-refractivity contribution >= 4 is 5.91 Å². The van der Waals surface area contributed by atoms with Gasteiger partial charge in [0, 0.05) is 64.7 Å². The number of carbonyl (C=O) groups excluding carboxylic acids is 1. The van der Waals surface area contributed by atoms with Crippen molar-refractivity contribution in [3.63, 3.8) is 0 Å². The molecule has 0 saturated carbocycles. The molecule has 24 heavy (non-hydrogen) atoms. The molecule has 1 N–H and O–H groups in total. The van der Waals surface area contributed by atoms with Gasteiger partial charge in [-0.05, 0) is 20.3 Å². The second kappa shape index (κ2) is 7.21. The minimum Gasteiger partial charge on any atom is -0.380 e. The Labute approximate surface area is 143 Å². The fourth-order valence-corrected chi connectivity index (χ4v) is 3.69. The molecular formula is C17H29N5O2. The van der Waals surface area contributed by atoms with Crippen LogP contribution < -0.4 is 5.32 Å². The summed E-state index contributed by atoms with van der Waals surface area (Å²) in [5, 5.41) is 7.77. The van der Waals surface area contributed by atoms with Crippen LogP contribution in [0.4, 0.5) is 0 Å². The van der Waals surface area contributed by atoms with Gasteiger partial charge < -0.3 is 15.0 Å². The van der Waals surface area contributed by atoms with Crippen molar-refractivity contribution in [1.29, 1.82) is 0 Å². The monoisotopic (exact) mass is 335 g/mol. The van der Waals surface area contributed by atoms with Crippen LogP contribution in [-0.2, 0) is 23.1 Å². The molecule has 2 atom stereocenters. The van der Waals surface area contributed by atoms with E-state index in [1.807, 2.05) is 16.6 Å². The first-order valence-corrected chi connectivity index (χ1v) is 8.76. The van der Waals surface area contributed by atoms with Crippen LogP contribution in [0.5, 0.6) is 0 Å². The van der Waals surface area contributed by atoms with Crippen LogP contribution >= 0.6 is 0 Å². The lowest BCUT2D eigenvalue weighted by Gasteiger charge is -2.36. The van der Waals surface area contributed by atoms with E-state index < -0.39 is 0 Å². The third-order valence-electron chi connectivity index (χ3n) is 5.45. The summed E-state index contributed by atoms with van der Waals surface area (Å²) in [7, 11) is 3.70. The Hall–Kier alpha value is -1.44. The molecule has 1 aromatic heterocycles. The standard InChI is InChI=1S/C17H29N5O2/c1-12-15(13(2)20(3)19-12)11-21-5-7-22(8-6-21)17(23)16-9-14(24-4)10-18-16/h14,16,18H,5-11H2,1-4H3/t14-,16+/m0/s1. The number of nitrogens with zero attached hydrogens (tertiary/aromatic N) is 4. The Kier molecular flexibility index (Phi) is 5.22. The number of rotatable bonds is 4. The summed E-state index contributed by atoms with van der Waals surface area (Å²) in [6.45, 7) is 9.31. The summed E-state index contributed by atoms with van der Waals surface area (Å²) in [6, 6.07) is -0.0793. The number of aryl methyl sites for hydroxylation is 2. The maximum atomic E-state index is 12.6. The predicted octanol–water partition coefficient (Wildman–Crippen LogP) is 0.0580. The van der Waals surface area contributed by atoms with Gasteiger partial charge >= 0.3 is 0 Å². The van der Waals surface area contributed by atoms with E-state index in [4.69, 9.17) is 4.74 Å². The maximum absolute atomic E-state index is 12.6. The highest BCUT2D eigenvalue weighted by atomic mass is 16.5. The summed E-state index contributed by atoms with van der Waals surface area (Å²) in [5.74, 6) is 0.225. The Morgan fingerprint density at radius 1 is 1.29 bits per heavy atom. The number of piperazine rings is 1. The second-order valence-electron chi connectivity index (χ2n) is 6.93. The van der Waals surface area contributed by atoms with Gasteiger partial charge in [0.15, 0.2) is 0 Å². The molecule has 1 amide bonds. The molecule has 0 spiro atoms. The largest absolute Gasteiger partial charge is 0.380 e. The third-order valence-corrected chi connectivity index (χ3v) is 5.45. The summed E-state index contributed by atoms with van der Waals surface area (Å²) < 4.78 is 7.28. The van der Waals surface area contributed by atoms with Gasteiger partial charge in [-0.15, -0.1) is 0 Å². The second-order valence-corrected chi connectivity index (χ2v) is 6.93. The number of hydrogen-bond acceptors (Lipinski definition) is 5. The van der Waals surface area contributed by atoms with E-state index in [1.165, 1.54) is 11.3 Å². The van der Waals surface area contributed by atoms with Gasteiger partial charge in [0.05, 0.1) is 17.8 Å². The van der Waals surface area contributed by atoms with Crippen molar-refractivity contribution in [3.8, 4) is 0 Å². The van der Waals surface area contributed by atoms with Crippen molar-refractivity contribution < 1.29 is 9.53 Å². The van der Waals surface area contributed by atoms with Crippen molar-refractivity contribution in [2.75, 3.05) is 39.8 Å². The zero-order chi connectivity index (χ0) is 17.3. The SMILES string of the molecule is CO[C@@H]1CN[C@@H](C(=O)N2CCN(Cc3c(C)nn(C)c3C)CC2)C1. The topological polar surface area (TPSA) is 62.6 Å². The van der Waals surface area contributed by atoms with Crippen LogP contribution in [0, 0.1) is 13.8 Å². The van der Waals surface area contributed by atoms with E-state index >= 15 is 0 Å². The van der Waals surface area contributed by atoms with Gasteiger partial charge in [0.2, 0.25) is 5.91 Å². The molecule has 0 unspecified atom stereocenters. The Morgan fingerprint density at radius 2 is 2.00 bits per heavy atom. The number of methoxy groups -OCH3 is 1. The maximum Gasteiger partial charge on any atom is 0.239 e. The Balaban J connectivity index is 1.51. The Bertz CT molecular complexity index is 592. The van der Waals surface area contributed by atoms with Crippen LogP contribution in [0.1, 0.15) is 23.4 Å². The van der Waals surface area contributed by atoms with Gasteiger partial charge in [0.1, 0.15) is 0 Å². The average molecular weight is 335 g/mol. The van der Waals surface area contributed by atoms with Gasteiger partial charge in [-0.3, -0.25) is 14.4 Å². The zero-order valence-corrected chi connectivity index (χ0v) is 15.2. The molecule has 2 aliphatic rings. The normalized spacial score (nSPS) is 25.4. The van der Waals surface area contributed by atoms with E-state index in [-0.39, 0.29) is 18.1 Å². The van der Waals surface area contributed by atoms with E-state index in [2.05, 4.69) is 29.2 Å². The van der Waals surface area contributed by atoms with E-state index in [0.29, 0.717) is 0 Å². The molecule has 0 bridgehead atoms. The number of hydrogen-bond donors (Lipinski definition) is 1. The number of ether oxygens (including phenoxy) is 1. The smallest absolute Gasteiger partial charge is 0.239 e. The molecular weight excluding hydrogens is 306 g/mol. The molecule has 3 heterocycles. The van der Waals surface area contributed by atoms with Crippen molar-refractivity contribution in [2.24, 2.45) is 7.05 Å². The fourth-order valence-electron chi connectivity index (χ4n) is 3.69. The first kappa shape index (κ1) is 17.4.